The number of morpholine rings is 1. The largest absolute Gasteiger partial charge is 0.486 e. The van der Waals surface area contributed by atoms with E-state index in [9.17, 15) is 0 Å². The summed E-state index contributed by atoms with van der Waals surface area (Å²) >= 11 is 0. The first-order chi connectivity index (χ1) is 17.4. The number of rotatable bonds is 7. The number of aromatic nitrogens is 2. The summed E-state index contributed by atoms with van der Waals surface area (Å²) in [5.41, 5.74) is 4.18. The zero-order valence-electron chi connectivity index (χ0n) is 21.3. The Balaban J connectivity index is 1.38. The number of benzene rings is 2. The van der Waals surface area contributed by atoms with E-state index in [2.05, 4.69) is 60.6 Å². The second-order valence-corrected chi connectivity index (χ2v) is 10.2. The lowest BCUT2D eigenvalue weighted by atomic mass is 9.86. The second kappa shape index (κ2) is 10.7. The third kappa shape index (κ3) is 6.06. The van der Waals surface area contributed by atoms with Crippen molar-refractivity contribution >= 4 is 17.5 Å². The van der Waals surface area contributed by atoms with Crippen molar-refractivity contribution in [1.29, 1.82) is 0 Å². The molecule has 36 heavy (non-hydrogen) atoms. The number of anilines is 3. The van der Waals surface area contributed by atoms with Gasteiger partial charge in [0.05, 0.1) is 18.9 Å². The maximum atomic E-state index is 5.74. The molecule has 8 nitrogen and oxygen atoms in total. The van der Waals surface area contributed by atoms with Gasteiger partial charge in [0, 0.05) is 49.6 Å². The van der Waals surface area contributed by atoms with Gasteiger partial charge in [-0.2, -0.15) is 4.98 Å². The lowest BCUT2D eigenvalue weighted by Gasteiger charge is -2.26. The molecular weight excluding hydrogens is 454 g/mol. The van der Waals surface area contributed by atoms with Crippen molar-refractivity contribution in [2.24, 2.45) is 0 Å². The SMILES string of the molecule is CC(C)(C)c1ccc(-c2cc(Nc3ccc4c(c3)OCCO4)nc(NCCN3CCOCC3)n2)cc1. The van der Waals surface area contributed by atoms with Gasteiger partial charge in [0.15, 0.2) is 11.5 Å². The summed E-state index contributed by atoms with van der Waals surface area (Å²) in [6.07, 6.45) is 0. The van der Waals surface area contributed by atoms with Crippen molar-refractivity contribution in [2.75, 3.05) is 63.2 Å². The molecule has 2 aromatic carbocycles. The van der Waals surface area contributed by atoms with Crippen LogP contribution in [0.25, 0.3) is 11.3 Å². The fourth-order valence-corrected chi connectivity index (χ4v) is 4.30. The van der Waals surface area contributed by atoms with Gasteiger partial charge in [-0.05, 0) is 23.1 Å². The van der Waals surface area contributed by atoms with Crippen molar-refractivity contribution < 1.29 is 14.2 Å². The van der Waals surface area contributed by atoms with Crippen molar-refractivity contribution in [3.05, 3.63) is 54.1 Å². The molecule has 3 aromatic rings. The molecule has 0 spiro atoms. The summed E-state index contributed by atoms with van der Waals surface area (Å²) in [5.74, 6) is 2.81. The van der Waals surface area contributed by atoms with Crippen molar-refractivity contribution in [1.82, 2.24) is 14.9 Å². The van der Waals surface area contributed by atoms with E-state index in [1.807, 2.05) is 24.3 Å². The smallest absolute Gasteiger partial charge is 0.225 e. The van der Waals surface area contributed by atoms with Crippen LogP contribution in [-0.2, 0) is 10.2 Å². The Morgan fingerprint density at radius 2 is 1.61 bits per heavy atom. The van der Waals surface area contributed by atoms with Gasteiger partial charge < -0.3 is 24.8 Å². The van der Waals surface area contributed by atoms with Crippen molar-refractivity contribution in [3.63, 3.8) is 0 Å². The highest BCUT2D eigenvalue weighted by atomic mass is 16.6. The molecule has 0 atom stereocenters. The number of hydrogen-bond acceptors (Lipinski definition) is 8. The molecule has 8 heteroatoms. The Bertz CT molecular complexity index is 1170. The molecule has 5 rings (SSSR count). The van der Waals surface area contributed by atoms with E-state index in [0.29, 0.717) is 25.0 Å². The van der Waals surface area contributed by atoms with Crippen LogP contribution in [0.2, 0.25) is 0 Å². The third-order valence-electron chi connectivity index (χ3n) is 6.40. The van der Waals surface area contributed by atoms with Crippen LogP contribution in [0.15, 0.2) is 48.5 Å². The zero-order valence-corrected chi connectivity index (χ0v) is 21.3. The van der Waals surface area contributed by atoms with Crippen molar-refractivity contribution in [2.45, 2.75) is 26.2 Å². The molecule has 2 aliphatic rings. The van der Waals surface area contributed by atoms with Gasteiger partial charge in [-0.25, -0.2) is 4.98 Å². The predicted octanol–water partition coefficient (Wildman–Crippen LogP) is 4.70. The van der Waals surface area contributed by atoms with E-state index >= 15 is 0 Å². The lowest BCUT2D eigenvalue weighted by Crippen LogP contribution is -2.39. The quantitative estimate of drug-likeness (QED) is 0.494. The monoisotopic (exact) mass is 489 g/mol. The molecule has 0 radical (unpaired) electrons. The van der Waals surface area contributed by atoms with Crippen LogP contribution in [0.4, 0.5) is 17.5 Å². The van der Waals surface area contributed by atoms with Gasteiger partial charge in [0.1, 0.15) is 19.0 Å². The van der Waals surface area contributed by atoms with Gasteiger partial charge in [0.25, 0.3) is 0 Å². The number of ether oxygens (including phenoxy) is 3. The first kappa shape index (κ1) is 24.3. The van der Waals surface area contributed by atoms with Crippen LogP contribution in [0.3, 0.4) is 0 Å². The Morgan fingerprint density at radius 1 is 0.861 bits per heavy atom. The number of hydrogen-bond donors (Lipinski definition) is 2. The van der Waals surface area contributed by atoms with E-state index in [1.54, 1.807) is 0 Å². The highest BCUT2D eigenvalue weighted by Gasteiger charge is 2.16. The predicted molar refractivity (Wildman–Crippen MR) is 143 cm³/mol. The Kier molecular flexibility index (Phi) is 7.25. The molecule has 2 N–H and O–H groups in total. The summed E-state index contributed by atoms with van der Waals surface area (Å²) in [4.78, 5) is 12.0. The van der Waals surface area contributed by atoms with Gasteiger partial charge in [-0.3, -0.25) is 4.90 Å². The van der Waals surface area contributed by atoms with E-state index in [0.717, 1.165) is 67.8 Å². The fourth-order valence-electron chi connectivity index (χ4n) is 4.30. The first-order valence-electron chi connectivity index (χ1n) is 12.6. The molecule has 0 bridgehead atoms. The number of fused-ring (bicyclic) bond motifs is 1. The molecular formula is C28H35N5O3. The lowest BCUT2D eigenvalue weighted by molar-refractivity contribution is 0.0398. The van der Waals surface area contributed by atoms with Crippen LogP contribution in [0.5, 0.6) is 11.5 Å². The molecule has 1 saturated heterocycles. The molecule has 1 fully saturated rings. The molecule has 2 aliphatic heterocycles. The highest BCUT2D eigenvalue weighted by molar-refractivity contribution is 5.69. The molecule has 1 aromatic heterocycles. The maximum absolute atomic E-state index is 5.74. The molecule has 3 heterocycles. The van der Waals surface area contributed by atoms with Gasteiger partial charge >= 0.3 is 0 Å². The third-order valence-corrected chi connectivity index (χ3v) is 6.40. The highest BCUT2D eigenvalue weighted by Crippen LogP contribution is 2.34. The van der Waals surface area contributed by atoms with Gasteiger partial charge in [-0.1, -0.05) is 45.0 Å². The summed E-state index contributed by atoms with van der Waals surface area (Å²) < 4.78 is 16.9. The zero-order chi connectivity index (χ0) is 25.0. The second-order valence-electron chi connectivity index (χ2n) is 10.2. The minimum absolute atomic E-state index is 0.0986. The van der Waals surface area contributed by atoms with Crippen LogP contribution < -0.4 is 20.1 Å². The standard InChI is InChI=1S/C28H35N5O3/c1-28(2,3)21-6-4-20(5-7-21)23-19-26(30-22-8-9-24-25(18-22)36-17-16-35-24)32-27(31-23)29-10-11-33-12-14-34-15-13-33/h4-9,18-19H,10-17H2,1-3H3,(H2,29,30,31,32). The van der Waals surface area contributed by atoms with E-state index in [4.69, 9.17) is 24.2 Å². The van der Waals surface area contributed by atoms with Crippen LogP contribution in [0, 0.1) is 0 Å². The normalized spacial score (nSPS) is 16.0. The van der Waals surface area contributed by atoms with Crippen LogP contribution in [-0.4, -0.2) is 67.5 Å². The van der Waals surface area contributed by atoms with E-state index in [-0.39, 0.29) is 5.41 Å². The topological polar surface area (TPSA) is 80.8 Å². The molecule has 0 unspecified atom stereocenters. The average Bonchev–Trinajstić information content (AvgIpc) is 2.89. The summed E-state index contributed by atoms with van der Waals surface area (Å²) in [6.45, 7) is 13.0. The van der Waals surface area contributed by atoms with E-state index < -0.39 is 0 Å². The Labute approximate surface area is 213 Å². The molecule has 0 saturated carbocycles. The van der Waals surface area contributed by atoms with E-state index in [1.165, 1.54) is 5.56 Å². The Hall–Kier alpha value is -3.36. The van der Waals surface area contributed by atoms with Gasteiger partial charge in [-0.15, -0.1) is 0 Å². The fraction of sp³-hybridized carbons (Fsp3) is 0.429. The minimum atomic E-state index is 0.0986. The molecule has 190 valence electrons. The summed E-state index contributed by atoms with van der Waals surface area (Å²) in [6, 6.07) is 16.4. The number of nitrogens with zero attached hydrogens (tertiary/aromatic N) is 3. The first-order valence-corrected chi connectivity index (χ1v) is 12.6. The molecule has 0 amide bonds. The maximum Gasteiger partial charge on any atom is 0.225 e. The van der Waals surface area contributed by atoms with Crippen LogP contribution in [0.1, 0.15) is 26.3 Å². The Morgan fingerprint density at radius 3 is 2.36 bits per heavy atom. The minimum Gasteiger partial charge on any atom is -0.486 e. The van der Waals surface area contributed by atoms with Gasteiger partial charge in [0.2, 0.25) is 5.95 Å². The number of nitrogens with one attached hydrogen (secondary N) is 2. The average molecular weight is 490 g/mol. The summed E-state index contributed by atoms with van der Waals surface area (Å²) in [7, 11) is 0. The van der Waals surface area contributed by atoms with Crippen LogP contribution >= 0.6 is 0 Å². The van der Waals surface area contributed by atoms with Crippen molar-refractivity contribution in [3.8, 4) is 22.8 Å². The summed E-state index contributed by atoms with van der Waals surface area (Å²) in [5, 5.41) is 6.85. The molecule has 0 aliphatic carbocycles.